The van der Waals surface area contributed by atoms with E-state index >= 15 is 0 Å². The Morgan fingerprint density at radius 1 is 0.720 bits per heavy atom. The highest BCUT2D eigenvalue weighted by atomic mass is 16.5. The highest BCUT2D eigenvalue weighted by molar-refractivity contribution is 5.72. The van der Waals surface area contributed by atoms with Crippen molar-refractivity contribution >= 4 is 11.9 Å². The number of methoxy groups -OCH3 is 1. The van der Waals surface area contributed by atoms with Gasteiger partial charge in [0.2, 0.25) is 0 Å². The zero-order valence-corrected chi connectivity index (χ0v) is 12.6. The average molecular weight is 373 g/mol. The van der Waals surface area contributed by atoms with Crippen molar-refractivity contribution in [3.8, 4) is 0 Å². The highest BCUT2D eigenvalue weighted by Gasteiger charge is 2.10. The molecule has 2 atom stereocenters. The molecule has 2 unspecified atom stereocenters. The van der Waals surface area contributed by atoms with Crippen LogP contribution in [0.1, 0.15) is 106 Å². The number of hydrogen-bond donors (Lipinski definition) is 0. The molecule has 0 bridgehead atoms. The summed E-state index contributed by atoms with van der Waals surface area (Å²) in [5.74, 6) is -0.0663. The van der Waals surface area contributed by atoms with Crippen LogP contribution >= 0.6 is 0 Å². The van der Waals surface area contributed by atoms with Crippen LogP contribution in [0.4, 0.5) is 0 Å². The van der Waals surface area contributed by atoms with Crippen molar-refractivity contribution < 1.29 is 19.1 Å². The molecule has 4 heteroatoms. The SMILES string of the molecule is C.C.C.C.C.C.C.CCC(C)C(=O)OC.CCCOC(=O)C(C)CC. The number of esters is 2. The molecule has 0 spiro atoms. The molecular formula is C21H56O4. The van der Waals surface area contributed by atoms with Gasteiger partial charge in [0, 0.05) is 0 Å². The molecule has 0 saturated heterocycles. The van der Waals surface area contributed by atoms with Crippen LogP contribution in [0, 0.1) is 11.8 Å². The van der Waals surface area contributed by atoms with Crippen molar-refractivity contribution in [1.82, 2.24) is 0 Å². The normalized spacial score (nSPS) is 9.20. The minimum absolute atomic E-state index is 0. The molecule has 0 radical (unpaired) electrons. The summed E-state index contributed by atoms with van der Waals surface area (Å²) in [6.45, 7) is 10.2. The second kappa shape index (κ2) is 38.5. The van der Waals surface area contributed by atoms with Crippen LogP contribution in [0.2, 0.25) is 0 Å². The first-order chi connectivity index (χ1) is 8.44. The summed E-state index contributed by atoms with van der Waals surface area (Å²) >= 11 is 0. The van der Waals surface area contributed by atoms with Gasteiger partial charge in [-0.3, -0.25) is 9.59 Å². The summed E-state index contributed by atoms with van der Waals surface area (Å²) in [5, 5.41) is 0. The maximum Gasteiger partial charge on any atom is 0.308 e. The Morgan fingerprint density at radius 2 is 1.04 bits per heavy atom. The lowest BCUT2D eigenvalue weighted by atomic mass is 10.1. The predicted molar refractivity (Wildman–Crippen MR) is 119 cm³/mol. The summed E-state index contributed by atoms with van der Waals surface area (Å²) in [6, 6.07) is 0. The van der Waals surface area contributed by atoms with Crippen LogP contribution in [0.15, 0.2) is 0 Å². The van der Waals surface area contributed by atoms with Crippen LogP contribution in [-0.4, -0.2) is 25.7 Å². The van der Waals surface area contributed by atoms with E-state index in [2.05, 4.69) is 4.74 Å². The van der Waals surface area contributed by atoms with Crippen LogP contribution in [0.3, 0.4) is 0 Å². The zero-order valence-electron chi connectivity index (χ0n) is 12.6. The van der Waals surface area contributed by atoms with Crippen molar-refractivity contribution in [3.05, 3.63) is 0 Å². The van der Waals surface area contributed by atoms with E-state index in [-0.39, 0.29) is 75.8 Å². The predicted octanol–water partition coefficient (Wildman–Crippen LogP) is 7.64. The molecule has 0 N–H and O–H groups in total. The van der Waals surface area contributed by atoms with Gasteiger partial charge in [0.1, 0.15) is 0 Å². The first-order valence-corrected chi connectivity index (χ1v) is 6.68. The van der Waals surface area contributed by atoms with Gasteiger partial charge >= 0.3 is 11.9 Å². The molecule has 0 fully saturated rings. The number of carbonyl (C=O) groups excluding carboxylic acids is 2. The second-order valence-corrected chi connectivity index (χ2v) is 4.31. The Labute approximate surface area is 163 Å². The van der Waals surface area contributed by atoms with E-state index in [9.17, 15) is 9.59 Å². The largest absolute Gasteiger partial charge is 0.469 e. The van der Waals surface area contributed by atoms with E-state index < -0.39 is 0 Å². The van der Waals surface area contributed by atoms with Crippen molar-refractivity contribution in [3.63, 3.8) is 0 Å². The van der Waals surface area contributed by atoms with Gasteiger partial charge in [0.15, 0.2) is 0 Å². The van der Waals surface area contributed by atoms with Crippen molar-refractivity contribution in [1.29, 1.82) is 0 Å². The van der Waals surface area contributed by atoms with Crippen LogP contribution in [0.5, 0.6) is 0 Å². The Kier molecular flexibility index (Phi) is 86.9. The van der Waals surface area contributed by atoms with Crippen molar-refractivity contribution in [2.45, 2.75) is 106 Å². The molecular weight excluding hydrogens is 316 g/mol. The molecule has 0 aliphatic rings. The summed E-state index contributed by atoms with van der Waals surface area (Å²) < 4.78 is 9.37. The fourth-order valence-electron chi connectivity index (χ4n) is 0.879. The van der Waals surface area contributed by atoms with E-state index in [1.807, 2.05) is 34.6 Å². The van der Waals surface area contributed by atoms with Gasteiger partial charge < -0.3 is 9.47 Å². The lowest BCUT2D eigenvalue weighted by Gasteiger charge is -2.07. The molecule has 0 aromatic heterocycles. The molecule has 25 heavy (non-hydrogen) atoms. The van der Waals surface area contributed by atoms with Crippen molar-refractivity contribution in [2.24, 2.45) is 11.8 Å². The molecule has 0 aliphatic carbocycles. The minimum Gasteiger partial charge on any atom is -0.469 e. The molecule has 0 rings (SSSR count). The van der Waals surface area contributed by atoms with Gasteiger partial charge in [-0.15, -0.1) is 0 Å². The summed E-state index contributed by atoms with van der Waals surface area (Å²) in [6.07, 6.45) is 2.62. The van der Waals surface area contributed by atoms with Crippen LogP contribution in [-0.2, 0) is 19.1 Å². The summed E-state index contributed by atoms with van der Waals surface area (Å²) in [4.78, 5) is 21.4. The third-order valence-corrected chi connectivity index (χ3v) is 2.68. The van der Waals surface area contributed by atoms with Crippen LogP contribution in [0.25, 0.3) is 0 Å². The standard InChI is InChI=1S/C8H16O2.C6H12O2.7CH4/c1-4-6-10-8(9)7(3)5-2;1-4-5(2)6(7)8-3;;;;;;;/h7H,4-6H2,1-3H3;5H,4H2,1-3H3;7*1H4. The van der Waals surface area contributed by atoms with Gasteiger partial charge in [-0.25, -0.2) is 0 Å². The second-order valence-electron chi connectivity index (χ2n) is 4.31. The maximum atomic E-state index is 10.9. The molecule has 0 heterocycles. The third kappa shape index (κ3) is 35.1. The lowest BCUT2D eigenvalue weighted by Crippen LogP contribution is -2.14. The van der Waals surface area contributed by atoms with E-state index in [0.29, 0.717) is 6.61 Å². The van der Waals surface area contributed by atoms with E-state index in [1.165, 1.54) is 7.11 Å². The highest BCUT2D eigenvalue weighted by Crippen LogP contribution is 2.03. The van der Waals surface area contributed by atoms with Gasteiger partial charge in [-0.2, -0.15) is 0 Å². The van der Waals surface area contributed by atoms with Gasteiger partial charge in [0.05, 0.1) is 25.6 Å². The maximum absolute atomic E-state index is 10.9. The molecule has 0 aromatic carbocycles. The van der Waals surface area contributed by atoms with Crippen molar-refractivity contribution in [2.75, 3.05) is 13.7 Å². The smallest absolute Gasteiger partial charge is 0.308 e. The zero-order chi connectivity index (χ0) is 14.6. The Hall–Kier alpha value is -1.06. The van der Waals surface area contributed by atoms with E-state index in [1.54, 1.807) is 0 Å². The molecule has 0 amide bonds. The van der Waals surface area contributed by atoms with Gasteiger partial charge in [0.25, 0.3) is 0 Å². The third-order valence-electron chi connectivity index (χ3n) is 2.68. The number of hydrogen-bond acceptors (Lipinski definition) is 4. The monoisotopic (exact) mass is 372 g/mol. The first-order valence-electron chi connectivity index (χ1n) is 6.68. The topological polar surface area (TPSA) is 52.6 Å². The quantitative estimate of drug-likeness (QED) is 0.449. The summed E-state index contributed by atoms with van der Waals surface area (Å²) in [7, 11) is 1.41. The number of rotatable bonds is 6. The number of carbonyl (C=O) groups is 2. The van der Waals surface area contributed by atoms with E-state index in [0.717, 1.165) is 19.3 Å². The Balaban J connectivity index is -0.0000000231. The fourth-order valence-corrected chi connectivity index (χ4v) is 0.879. The first kappa shape index (κ1) is 56.4. The molecule has 0 aliphatic heterocycles. The van der Waals surface area contributed by atoms with Gasteiger partial charge in [-0.05, 0) is 19.3 Å². The van der Waals surface area contributed by atoms with Gasteiger partial charge in [-0.1, -0.05) is 86.6 Å². The Bertz CT molecular complexity index is 228. The molecule has 0 saturated carbocycles. The number of ether oxygens (including phenoxy) is 2. The molecule has 0 aromatic rings. The average Bonchev–Trinajstić information content (AvgIpc) is 2.42. The minimum atomic E-state index is -0.118. The fraction of sp³-hybridized carbons (Fsp3) is 0.905. The molecule has 164 valence electrons. The summed E-state index contributed by atoms with van der Waals surface area (Å²) in [5.41, 5.74) is 0. The lowest BCUT2D eigenvalue weighted by molar-refractivity contribution is -0.148. The van der Waals surface area contributed by atoms with E-state index in [4.69, 9.17) is 4.74 Å². The molecule has 4 nitrogen and oxygen atoms in total. The van der Waals surface area contributed by atoms with Crippen LogP contribution < -0.4 is 0 Å². The Morgan fingerprint density at radius 3 is 1.24 bits per heavy atom.